The lowest BCUT2D eigenvalue weighted by Gasteiger charge is -1.97. The van der Waals surface area contributed by atoms with Crippen molar-refractivity contribution in [3.63, 3.8) is 0 Å². The van der Waals surface area contributed by atoms with Crippen LogP contribution in [0.25, 0.3) is 0 Å². The first-order chi connectivity index (χ1) is 7.88. The maximum absolute atomic E-state index is 8.66. The van der Waals surface area contributed by atoms with Gasteiger partial charge in [-0.1, -0.05) is 6.07 Å². The standard InChI is InChI=1S/C11H8N4S/c12-4-8-2-1-7(5-13-8)9-3-10(9)11-15-14-6-16-11/h1-2,5-6,9-10H,3H2. The van der Waals surface area contributed by atoms with Crippen LogP contribution in [-0.2, 0) is 0 Å². The van der Waals surface area contributed by atoms with E-state index >= 15 is 0 Å². The molecule has 3 rings (SSSR count). The van der Waals surface area contributed by atoms with Crippen LogP contribution in [0.3, 0.4) is 0 Å². The fourth-order valence-electron chi connectivity index (χ4n) is 1.87. The molecule has 4 nitrogen and oxygen atoms in total. The molecule has 0 bridgehead atoms. The molecular formula is C11H8N4S. The summed E-state index contributed by atoms with van der Waals surface area (Å²) in [6.07, 6.45) is 2.91. The van der Waals surface area contributed by atoms with Gasteiger partial charge < -0.3 is 0 Å². The second kappa shape index (κ2) is 3.65. The van der Waals surface area contributed by atoms with Gasteiger partial charge in [-0.2, -0.15) is 5.26 Å². The molecule has 0 amide bonds. The van der Waals surface area contributed by atoms with Crippen LogP contribution in [0.4, 0.5) is 0 Å². The molecule has 2 aromatic rings. The van der Waals surface area contributed by atoms with Gasteiger partial charge in [0.05, 0.1) is 0 Å². The topological polar surface area (TPSA) is 62.5 Å². The predicted octanol–water partition coefficient (Wildman–Crippen LogP) is 2.08. The molecule has 0 spiro atoms. The quantitative estimate of drug-likeness (QED) is 0.789. The van der Waals surface area contributed by atoms with E-state index in [1.54, 1.807) is 29.1 Å². The lowest BCUT2D eigenvalue weighted by Crippen LogP contribution is -1.87. The van der Waals surface area contributed by atoms with Crippen LogP contribution in [0, 0.1) is 11.3 Å². The van der Waals surface area contributed by atoms with Crippen LogP contribution in [0.5, 0.6) is 0 Å². The Hall–Kier alpha value is -1.80. The molecule has 2 heterocycles. The van der Waals surface area contributed by atoms with Crippen LogP contribution in [0.15, 0.2) is 23.8 Å². The minimum atomic E-state index is 0.469. The Balaban J connectivity index is 1.79. The van der Waals surface area contributed by atoms with Crippen molar-refractivity contribution in [2.75, 3.05) is 0 Å². The highest BCUT2D eigenvalue weighted by Gasteiger charge is 2.41. The van der Waals surface area contributed by atoms with Gasteiger partial charge in [-0.25, -0.2) is 4.98 Å². The average molecular weight is 228 g/mol. The largest absolute Gasteiger partial charge is 0.245 e. The third-order valence-corrected chi connectivity index (χ3v) is 3.64. The zero-order valence-corrected chi connectivity index (χ0v) is 9.18. The molecule has 1 aliphatic rings. The zero-order valence-electron chi connectivity index (χ0n) is 8.37. The summed E-state index contributed by atoms with van der Waals surface area (Å²) in [5, 5.41) is 17.7. The van der Waals surface area contributed by atoms with Gasteiger partial charge >= 0.3 is 0 Å². The average Bonchev–Trinajstić information content (AvgIpc) is 2.95. The molecule has 16 heavy (non-hydrogen) atoms. The van der Waals surface area contributed by atoms with Crippen LogP contribution in [-0.4, -0.2) is 15.2 Å². The van der Waals surface area contributed by atoms with Crippen LogP contribution >= 0.6 is 11.3 Å². The minimum absolute atomic E-state index is 0.469. The SMILES string of the molecule is N#Cc1ccc(C2CC2c2nncs2)cn1. The Labute approximate surface area is 96.6 Å². The summed E-state index contributed by atoms with van der Waals surface area (Å²) in [7, 11) is 0. The monoisotopic (exact) mass is 228 g/mol. The van der Waals surface area contributed by atoms with Crippen LogP contribution in [0.1, 0.15) is 34.5 Å². The Kier molecular flexibility index (Phi) is 2.15. The van der Waals surface area contributed by atoms with Gasteiger partial charge in [-0.05, 0) is 24.0 Å². The molecular weight excluding hydrogens is 220 g/mol. The number of nitrogens with zero attached hydrogens (tertiary/aromatic N) is 4. The van der Waals surface area contributed by atoms with Crippen molar-refractivity contribution < 1.29 is 0 Å². The molecule has 2 aromatic heterocycles. The van der Waals surface area contributed by atoms with E-state index in [1.165, 1.54) is 5.56 Å². The van der Waals surface area contributed by atoms with Crippen molar-refractivity contribution in [2.45, 2.75) is 18.3 Å². The summed E-state index contributed by atoms with van der Waals surface area (Å²) >= 11 is 1.60. The third-order valence-electron chi connectivity index (χ3n) is 2.81. The second-order valence-electron chi connectivity index (χ2n) is 3.81. The highest BCUT2D eigenvalue weighted by atomic mass is 32.1. The van der Waals surface area contributed by atoms with Crippen molar-refractivity contribution >= 4 is 11.3 Å². The van der Waals surface area contributed by atoms with Gasteiger partial charge in [0.1, 0.15) is 22.3 Å². The number of aromatic nitrogens is 3. The molecule has 0 aromatic carbocycles. The number of pyridine rings is 1. The first kappa shape index (κ1) is 9.43. The fraction of sp³-hybridized carbons (Fsp3) is 0.273. The van der Waals surface area contributed by atoms with E-state index in [2.05, 4.69) is 15.2 Å². The molecule has 78 valence electrons. The van der Waals surface area contributed by atoms with Gasteiger partial charge in [-0.15, -0.1) is 21.5 Å². The highest BCUT2D eigenvalue weighted by molar-refractivity contribution is 7.09. The summed E-state index contributed by atoms with van der Waals surface area (Å²) < 4.78 is 0. The first-order valence-corrected chi connectivity index (χ1v) is 5.88. The summed E-state index contributed by atoms with van der Waals surface area (Å²) in [6, 6.07) is 5.77. The molecule has 0 radical (unpaired) electrons. The fourth-order valence-corrected chi connectivity index (χ4v) is 2.60. The van der Waals surface area contributed by atoms with E-state index in [4.69, 9.17) is 5.26 Å². The van der Waals surface area contributed by atoms with Crippen LogP contribution in [0.2, 0.25) is 0 Å². The molecule has 1 saturated carbocycles. The van der Waals surface area contributed by atoms with E-state index in [-0.39, 0.29) is 0 Å². The first-order valence-electron chi connectivity index (χ1n) is 5.00. The Bertz CT molecular complexity index is 526. The molecule has 0 saturated heterocycles. The van der Waals surface area contributed by atoms with E-state index in [1.807, 2.05) is 12.1 Å². The molecule has 0 aliphatic heterocycles. The molecule has 2 unspecified atom stereocenters. The van der Waals surface area contributed by atoms with E-state index in [9.17, 15) is 0 Å². The van der Waals surface area contributed by atoms with Gasteiger partial charge in [0.25, 0.3) is 0 Å². The minimum Gasteiger partial charge on any atom is -0.245 e. The van der Waals surface area contributed by atoms with Crippen LogP contribution < -0.4 is 0 Å². The normalized spacial score (nSPS) is 22.7. The number of nitriles is 1. The van der Waals surface area contributed by atoms with E-state index in [0.717, 1.165) is 11.4 Å². The maximum atomic E-state index is 8.66. The summed E-state index contributed by atoms with van der Waals surface area (Å²) in [6.45, 7) is 0. The number of hydrogen-bond donors (Lipinski definition) is 0. The highest BCUT2D eigenvalue weighted by Crippen LogP contribution is 2.54. The van der Waals surface area contributed by atoms with Crippen molar-refractivity contribution in [3.05, 3.63) is 40.1 Å². The van der Waals surface area contributed by atoms with Gasteiger partial charge in [0.2, 0.25) is 0 Å². The Morgan fingerprint density at radius 3 is 2.94 bits per heavy atom. The second-order valence-corrected chi connectivity index (χ2v) is 4.68. The summed E-state index contributed by atoms with van der Waals surface area (Å²) in [4.78, 5) is 4.08. The molecule has 1 aliphatic carbocycles. The molecule has 0 N–H and O–H groups in total. The smallest absolute Gasteiger partial charge is 0.140 e. The van der Waals surface area contributed by atoms with E-state index < -0.39 is 0 Å². The maximum Gasteiger partial charge on any atom is 0.140 e. The lowest BCUT2D eigenvalue weighted by molar-refractivity contribution is 0.939. The van der Waals surface area contributed by atoms with Gasteiger partial charge in [0, 0.05) is 12.1 Å². The van der Waals surface area contributed by atoms with Crippen molar-refractivity contribution in [1.82, 2.24) is 15.2 Å². The summed E-state index contributed by atoms with van der Waals surface area (Å²) in [5.74, 6) is 1.01. The van der Waals surface area contributed by atoms with Gasteiger partial charge in [-0.3, -0.25) is 0 Å². The van der Waals surface area contributed by atoms with E-state index in [0.29, 0.717) is 17.5 Å². The van der Waals surface area contributed by atoms with Crippen molar-refractivity contribution in [2.24, 2.45) is 0 Å². The van der Waals surface area contributed by atoms with Crippen molar-refractivity contribution in [1.29, 1.82) is 5.26 Å². The third kappa shape index (κ3) is 1.57. The number of rotatable bonds is 2. The Morgan fingerprint density at radius 1 is 1.38 bits per heavy atom. The number of hydrogen-bond acceptors (Lipinski definition) is 5. The van der Waals surface area contributed by atoms with Gasteiger partial charge in [0.15, 0.2) is 0 Å². The zero-order chi connectivity index (χ0) is 11.0. The molecule has 5 heteroatoms. The Morgan fingerprint density at radius 2 is 2.31 bits per heavy atom. The summed E-state index contributed by atoms with van der Waals surface area (Å²) in [5.41, 5.74) is 3.43. The van der Waals surface area contributed by atoms with Crippen molar-refractivity contribution in [3.8, 4) is 6.07 Å². The molecule has 1 fully saturated rings. The predicted molar refractivity (Wildman–Crippen MR) is 59.0 cm³/mol. The molecule has 2 atom stereocenters. The lowest BCUT2D eigenvalue weighted by atomic mass is 10.1.